The molecular weight excluding hydrogens is 599 g/mol. The molecular formula is C46H89NO2. The third kappa shape index (κ3) is 30.7. The van der Waals surface area contributed by atoms with E-state index in [0.29, 0.717) is 5.92 Å². The van der Waals surface area contributed by atoms with Crippen molar-refractivity contribution in [2.75, 3.05) is 33.9 Å². The predicted octanol–water partition coefficient (Wildman–Crippen LogP) is 14.9. The van der Waals surface area contributed by atoms with Crippen LogP contribution in [0.1, 0.15) is 226 Å². The van der Waals surface area contributed by atoms with E-state index in [1.54, 1.807) is 0 Å². The van der Waals surface area contributed by atoms with Crippen LogP contribution in [0.5, 0.6) is 0 Å². The summed E-state index contributed by atoms with van der Waals surface area (Å²) in [6.07, 6.45) is 53.8. The Bertz CT molecular complexity index is 664. The number of allylic oxidation sites excluding steroid dienone is 4. The average molecular weight is 688 g/mol. The van der Waals surface area contributed by atoms with E-state index in [4.69, 9.17) is 9.47 Å². The Hall–Kier alpha value is -0.640. The molecule has 0 spiro atoms. The summed E-state index contributed by atoms with van der Waals surface area (Å²) >= 11 is 0. The lowest BCUT2D eigenvalue weighted by molar-refractivity contribution is -0.290. The van der Waals surface area contributed by atoms with Crippen LogP contribution in [-0.2, 0) is 9.47 Å². The van der Waals surface area contributed by atoms with Crippen molar-refractivity contribution in [3.63, 3.8) is 0 Å². The van der Waals surface area contributed by atoms with Gasteiger partial charge in [-0.15, -0.1) is 0 Å². The molecule has 0 aliphatic carbocycles. The molecule has 290 valence electrons. The Morgan fingerprint density at radius 2 is 0.796 bits per heavy atom. The highest BCUT2D eigenvalue weighted by atomic mass is 16.7. The number of nitrogens with zero attached hydrogens (tertiary/aromatic N) is 1. The fourth-order valence-electron chi connectivity index (χ4n) is 7.35. The van der Waals surface area contributed by atoms with Gasteiger partial charge in [-0.25, -0.2) is 0 Å². The molecule has 1 heterocycles. The van der Waals surface area contributed by atoms with Crippen molar-refractivity contribution in [1.82, 2.24) is 4.90 Å². The minimum absolute atomic E-state index is 0.304. The molecule has 1 fully saturated rings. The zero-order valence-corrected chi connectivity index (χ0v) is 34.1. The molecule has 0 unspecified atom stereocenters. The Morgan fingerprint density at radius 3 is 1.16 bits per heavy atom. The van der Waals surface area contributed by atoms with Crippen molar-refractivity contribution in [2.45, 2.75) is 232 Å². The van der Waals surface area contributed by atoms with Crippen LogP contribution >= 0.6 is 0 Å². The highest BCUT2D eigenvalue weighted by molar-refractivity contribution is 4.82. The largest absolute Gasteiger partial charge is 0.350 e. The fraction of sp³-hybridized carbons (Fsp3) is 0.913. The third-order valence-electron chi connectivity index (χ3n) is 10.8. The van der Waals surface area contributed by atoms with E-state index in [1.165, 1.54) is 206 Å². The van der Waals surface area contributed by atoms with Gasteiger partial charge in [0.2, 0.25) is 0 Å². The normalized spacial score (nSPS) is 15.4. The van der Waals surface area contributed by atoms with Gasteiger partial charge in [-0.1, -0.05) is 160 Å². The van der Waals surface area contributed by atoms with Crippen LogP contribution < -0.4 is 0 Å². The smallest absolute Gasteiger partial charge is 0.168 e. The molecule has 1 aliphatic heterocycles. The molecule has 0 aromatic heterocycles. The molecule has 0 saturated carbocycles. The van der Waals surface area contributed by atoms with Gasteiger partial charge in [0.05, 0.1) is 13.2 Å². The number of hydrogen-bond donors (Lipinski definition) is 0. The van der Waals surface area contributed by atoms with Crippen molar-refractivity contribution < 1.29 is 9.47 Å². The minimum Gasteiger partial charge on any atom is -0.350 e. The Kier molecular flexibility index (Phi) is 33.8. The first kappa shape index (κ1) is 46.4. The van der Waals surface area contributed by atoms with Crippen molar-refractivity contribution in [3.05, 3.63) is 24.3 Å². The first-order valence-electron chi connectivity index (χ1n) is 22.3. The monoisotopic (exact) mass is 688 g/mol. The maximum absolute atomic E-state index is 6.66. The minimum atomic E-state index is -0.304. The standard InChI is InChI=1S/C46H89NO2/c1-5-7-9-11-13-15-17-19-21-23-25-27-29-31-33-36-40-46(48-43-45(44-49-46)39-35-38-42-47(3)4)41-37-34-32-30-28-26-24-22-20-18-16-14-12-10-8-6-2/h19-22,45H,5-18,23-44H2,1-4H3/b21-19-,22-20-. The molecule has 0 atom stereocenters. The van der Waals surface area contributed by atoms with E-state index in [0.717, 1.165) is 26.1 Å². The van der Waals surface area contributed by atoms with E-state index in [-0.39, 0.29) is 5.79 Å². The van der Waals surface area contributed by atoms with Gasteiger partial charge in [0.1, 0.15) is 0 Å². The zero-order valence-electron chi connectivity index (χ0n) is 34.1. The lowest BCUT2D eigenvalue weighted by Crippen LogP contribution is -2.44. The Balaban J connectivity index is 2.20. The SMILES string of the molecule is CCCCCCCC/C=C\CCCCCCCCC1(CCCCCCCC/C=C\CCCCCCCC)OCC(CCCCN(C)C)CO1. The Morgan fingerprint density at radius 1 is 0.449 bits per heavy atom. The molecule has 3 nitrogen and oxygen atoms in total. The number of unbranched alkanes of at least 4 members (excludes halogenated alkanes) is 25. The van der Waals surface area contributed by atoms with Crippen LogP contribution in [0.15, 0.2) is 24.3 Å². The second-order valence-electron chi connectivity index (χ2n) is 16.1. The highest BCUT2D eigenvalue weighted by Crippen LogP contribution is 2.34. The zero-order chi connectivity index (χ0) is 35.4. The molecule has 1 saturated heterocycles. The molecule has 0 radical (unpaired) electrons. The maximum Gasteiger partial charge on any atom is 0.168 e. The molecule has 3 heteroatoms. The van der Waals surface area contributed by atoms with Crippen LogP contribution in [-0.4, -0.2) is 44.5 Å². The highest BCUT2D eigenvalue weighted by Gasteiger charge is 2.36. The third-order valence-corrected chi connectivity index (χ3v) is 10.8. The second-order valence-corrected chi connectivity index (χ2v) is 16.1. The lowest BCUT2D eigenvalue weighted by atomic mass is 9.96. The lowest BCUT2D eigenvalue weighted by Gasteiger charge is -2.41. The molecule has 1 aliphatic rings. The quantitative estimate of drug-likeness (QED) is 0.0479. The van der Waals surface area contributed by atoms with Crippen molar-refractivity contribution in [1.29, 1.82) is 0 Å². The fourth-order valence-corrected chi connectivity index (χ4v) is 7.35. The summed E-state index contributed by atoms with van der Waals surface area (Å²) in [6.45, 7) is 7.58. The van der Waals surface area contributed by atoms with E-state index in [1.807, 2.05) is 0 Å². The number of ether oxygens (including phenoxy) is 2. The summed E-state index contributed by atoms with van der Waals surface area (Å²) < 4.78 is 13.3. The predicted molar refractivity (Wildman–Crippen MR) is 219 cm³/mol. The van der Waals surface area contributed by atoms with E-state index >= 15 is 0 Å². The van der Waals surface area contributed by atoms with Crippen LogP contribution in [0.3, 0.4) is 0 Å². The van der Waals surface area contributed by atoms with Crippen LogP contribution in [0.2, 0.25) is 0 Å². The van der Waals surface area contributed by atoms with Crippen molar-refractivity contribution in [2.24, 2.45) is 5.92 Å². The Labute approximate surface area is 309 Å². The van der Waals surface area contributed by atoms with Gasteiger partial charge in [0.25, 0.3) is 0 Å². The van der Waals surface area contributed by atoms with Gasteiger partial charge in [0.15, 0.2) is 5.79 Å². The van der Waals surface area contributed by atoms with Crippen molar-refractivity contribution >= 4 is 0 Å². The second kappa shape index (κ2) is 35.7. The molecule has 1 rings (SSSR count). The first-order valence-corrected chi connectivity index (χ1v) is 22.3. The van der Waals surface area contributed by atoms with Gasteiger partial charge in [0, 0.05) is 18.8 Å². The van der Waals surface area contributed by atoms with Gasteiger partial charge >= 0.3 is 0 Å². The van der Waals surface area contributed by atoms with Gasteiger partial charge in [-0.3, -0.25) is 0 Å². The average Bonchev–Trinajstić information content (AvgIpc) is 3.10. The van der Waals surface area contributed by atoms with Crippen LogP contribution in [0, 0.1) is 5.92 Å². The van der Waals surface area contributed by atoms with E-state index in [9.17, 15) is 0 Å². The summed E-state index contributed by atoms with van der Waals surface area (Å²) in [7, 11) is 4.35. The maximum atomic E-state index is 6.66. The van der Waals surface area contributed by atoms with Gasteiger partial charge in [-0.05, 0) is 97.7 Å². The first-order chi connectivity index (χ1) is 24.1. The summed E-state index contributed by atoms with van der Waals surface area (Å²) in [6, 6.07) is 0. The molecule has 0 aromatic rings. The summed E-state index contributed by atoms with van der Waals surface area (Å²) in [5.41, 5.74) is 0. The molecule has 49 heavy (non-hydrogen) atoms. The summed E-state index contributed by atoms with van der Waals surface area (Å²) in [4.78, 5) is 2.29. The van der Waals surface area contributed by atoms with Gasteiger partial charge < -0.3 is 14.4 Å². The van der Waals surface area contributed by atoms with Crippen LogP contribution in [0.4, 0.5) is 0 Å². The molecule has 0 bridgehead atoms. The van der Waals surface area contributed by atoms with E-state index < -0.39 is 0 Å². The number of hydrogen-bond acceptors (Lipinski definition) is 3. The topological polar surface area (TPSA) is 21.7 Å². The van der Waals surface area contributed by atoms with Crippen LogP contribution in [0.25, 0.3) is 0 Å². The molecule has 0 amide bonds. The molecule has 0 aromatic carbocycles. The summed E-state index contributed by atoms with van der Waals surface area (Å²) in [5.74, 6) is 0.275. The van der Waals surface area contributed by atoms with Crippen molar-refractivity contribution in [3.8, 4) is 0 Å². The molecule has 0 N–H and O–H groups in total. The number of rotatable bonds is 37. The van der Waals surface area contributed by atoms with E-state index in [2.05, 4.69) is 57.1 Å². The van der Waals surface area contributed by atoms with Gasteiger partial charge in [-0.2, -0.15) is 0 Å². The summed E-state index contributed by atoms with van der Waals surface area (Å²) in [5, 5.41) is 0.